The first kappa shape index (κ1) is 9.79. The fraction of sp³-hybridized carbons (Fsp3) is 0.111. The molecule has 0 saturated carbocycles. The lowest BCUT2D eigenvalue weighted by molar-refractivity contribution is 0.102. The highest BCUT2D eigenvalue weighted by molar-refractivity contribution is 6.32. The van der Waals surface area contributed by atoms with Gasteiger partial charge in [-0.15, -0.1) is 0 Å². The Morgan fingerprint density at radius 1 is 1.67 bits per heavy atom. The van der Waals surface area contributed by atoms with Crippen molar-refractivity contribution in [1.82, 2.24) is 10.2 Å². The molecule has 0 atom stereocenters. The highest BCUT2D eigenvalue weighted by Crippen LogP contribution is 2.17. The van der Waals surface area contributed by atoms with Gasteiger partial charge in [0, 0.05) is 11.8 Å². The predicted octanol–water partition coefficient (Wildman–Crippen LogP) is 2.22. The Kier molecular flexibility index (Phi) is 2.47. The summed E-state index contributed by atoms with van der Waals surface area (Å²) < 4.78 is 4.80. The molecule has 15 heavy (non-hydrogen) atoms. The van der Waals surface area contributed by atoms with Gasteiger partial charge in [-0.1, -0.05) is 0 Å². The average Bonchev–Trinajstić information content (AvgIpc) is 2.75. The standard InChI is InChI=1S/C9H8ClN3O2/c1-5-4-7(13-12-5)11-9(14)6-2-3-15-8(6)10/h2-4H,1H3,(H2,11,12,13,14). The van der Waals surface area contributed by atoms with Crippen LogP contribution in [0.2, 0.25) is 5.22 Å². The molecule has 0 fully saturated rings. The van der Waals surface area contributed by atoms with E-state index in [1.807, 2.05) is 6.92 Å². The Morgan fingerprint density at radius 3 is 3.00 bits per heavy atom. The van der Waals surface area contributed by atoms with Crippen molar-refractivity contribution in [3.05, 3.63) is 34.9 Å². The number of hydrogen-bond donors (Lipinski definition) is 2. The summed E-state index contributed by atoms with van der Waals surface area (Å²) in [5.41, 5.74) is 1.15. The fourth-order valence-electron chi connectivity index (χ4n) is 1.12. The number of hydrogen-bond acceptors (Lipinski definition) is 3. The largest absolute Gasteiger partial charge is 0.452 e. The number of halogens is 1. The molecular formula is C9H8ClN3O2. The normalized spacial score (nSPS) is 10.3. The minimum absolute atomic E-state index is 0.0692. The molecule has 0 radical (unpaired) electrons. The molecule has 0 saturated heterocycles. The Morgan fingerprint density at radius 2 is 2.47 bits per heavy atom. The molecule has 2 N–H and O–H groups in total. The molecule has 2 aromatic heterocycles. The van der Waals surface area contributed by atoms with E-state index in [-0.39, 0.29) is 16.7 Å². The van der Waals surface area contributed by atoms with Crippen molar-refractivity contribution in [3.8, 4) is 0 Å². The van der Waals surface area contributed by atoms with Crippen LogP contribution in [0.4, 0.5) is 5.82 Å². The second-order valence-electron chi connectivity index (χ2n) is 3.00. The lowest BCUT2D eigenvalue weighted by Gasteiger charge is -1.97. The average molecular weight is 226 g/mol. The molecule has 0 unspecified atom stereocenters. The predicted molar refractivity (Wildman–Crippen MR) is 55.0 cm³/mol. The first-order valence-corrected chi connectivity index (χ1v) is 4.61. The summed E-state index contributed by atoms with van der Waals surface area (Å²) in [6, 6.07) is 3.21. The highest BCUT2D eigenvalue weighted by Gasteiger charge is 2.13. The molecular weight excluding hydrogens is 218 g/mol. The van der Waals surface area contributed by atoms with Crippen molar-refractivity contribution in [3.63, 3.8) is 0 Å². The first-order valence-electron chi connectivity index (χ1n) is 4.23. The number of furan rings is 1. The SMILES string of the molecule is Cc1cc(NC(=O)c2ccoc2Cl)n[nH]1. The summed E-state index contributed by atoms with van der Waals surface area (Å²) in [4.78, 5) is 11.6. The van der Waals surface area contributed by atoms with Crippen LogP contribution in [0.5, 0.6) is 0 Å². The minimum Gasteiger partial charge on any atom is -0.452 e. The molecule has 0 aliphatic heterocycles. The number of aromatic nitrogens is 2. The van der Waals surface area contributed by atoms with Crippen molar-refractivity contribution >= 4 is 23.3 Å². The second-order valence-corrected chi connectivity index (χ2v) is 3.34. The molecule has 2 aromatic rings. The molecule has 78 valence electrons. The van der Waals surface area contributed by atoms with Gasteiger partial charge in [0.25, 0.3) is 5.91 Å². The number of anilines is 1. The van der Waals surface area contributed by atoms with Crippen molar-refractivity contribution in [1.29, 1.82) is 0 Å². The van der Waals surface area contributed by atoms with Gasteiger partial charge in [0.2, 0.25) is 5.22 Å². The van der Waals surface area contributed by atoms with Crippen LogP contribution in [-0.2, 0) is 0 Å². The maximum absolute atomic E-state index is 11.6. The van der Waals surface area contributed by atoms with E-state index in [9.17, 15) is 4.79 Å². The van der Waals surface area contributed by atoms with Crippen LogP contribution in [0.25, 0.3) is 0 Å². The van der Waals surface area contributed by atoms with Gasteiger partial charge in [0.15, 0.2) is 5.82 Å². The third-order valence-corrected chi connectivity index (χ3v) is 2.10. The first-order chi connectivity index (χ1) is 7.16. The highest BCUT2D eigenvalue weighted by atomic mass is 35.5. The van der Waals surface area contributed by atoms with Gasteiger partial charge < -0.3 is 9.73 Å². The molecule has 2 heterocycles. The monoisotopic (exact) mass is 225 g/mol. The Hall–Kier alpha value is -1.75. The van der Waals surface area contributed by atoms with E-state index in [0.717, 1.165) is 5.69 Å². The lowest BCUT2D eigenvalue weighted by Crippen LogP contribution is -2.11. The summed E-state index contributed by atoms with van der Waals surface area (Å²) >= 11 is 5.65. The van der Waals surface area contributed by atoms with Crippen molar-refractivity contribution in [2.24, 2.45) is 0 Å². The molecule has 0 aliphatic rings. The van der Waals surface area contributed by atoms with Crippen LogP contribution in [-0.4, -0.2) is 16.1 Å². The number of rotatable bonds is 2. The van der Waals surface area contributed by atoms with Crippen LogP contribution in [0.3, 0.4) is 0 Å². The maximum atomic E-state index is 11.6. The van der Waals surface area contributed by atoms with E-state index in [0.29, 0.717) is 5.82 Å². The van der Waals surface area contributed by atoms with Crippen LogP contribution in [0.15, 0.2) is 22.8 Å². The Bertz CT molecular complexity index is 489. The van der Waals surface area contributed by atoms with Gasteiger partial charge in [-0.2, -0.15) is 5.10 Å². The van der Waals surface area contributed by atoms with E-state index in [1.54, 1.807) is 6.07 Å². The van der Waals surface area contributed by atoms with Crippen LogP contribution < -0.4 is 5.32 Å². The zero-order valence-electron chi connectivity index (χ0n) is 7.87. The van der Waals surface area contributed by atoms with Crippen molar-refractivity contribution in [2.75, 3.05) is 5.32 Å². The van der Waals surface area contributed by atoms with E-state index >= 15 is 0 Å². The number of H-pyrrole nitrogens is 1. The fourth-order valence-corrected chi connectivity index (χ4v) is 1.32. The number of aryl methyl sites for hydroxylation is 1. The number of amides is 1. The molecule has 1 amide bonds. The zero-order chi connectivity index (χ0) is 10.8. The molecule has 0 aliphatic carbocycles. The van der Waals surface area contributed by atoms with Crippen molar-refractivity contribution in [2.45, 2.75) is 6.92 Å². The summed E-state index contributed by atoms with van der Waals surface area (Å²) in [5.74, 6) is 0.106. The summed E-state index contributed by atoms with van der Waals surface area (Å²) in [5, 5.41) is 9.23. The Labute approximate surface area is 90.4 Å². The summed E-state index contributed by atoms with van der Waals surface area (Å²) in [7, 11) is 0. The quantitative estimate of drug-likeness (QED) is 0.823. The van der Waals surface area contributed by atoms with Crippen LogP contribution >= 0.6 is 11.6 Å². The Balaban J connectivity index is 2.14. The van der Waals surface area contributed by atoms with E-state index in [2.05, 4.69) is 15.5 Å². The number of carbonyl (C=O) groups is 1. The molecule has 5 nitrogen and oxygen atoms in total. The van der Waals surface area contributed by atoms with E-state index < -0.39 is 0 Å². The second kappa shape index (κ2) is 3.78. The van der Waals surface area contributed by atoms with E-state index in [4.69, 9.17) is 16.0 Å². The van der Waals surface area contributed by atoms with Crippen molar-refractivity contribution < 1.29 is 9.21 Å². The number of aromatic amines is 1. The molecule has 6 heteroatoms. The molecule has 0 bridgehead atoms. The number of nitrogens with zero attached hydrogens (tertiary/aromatic N) is 1. The number of carbonyl (C=O) groups excluding carboxylic acids is 1. The van der Waals surface area contributed by atoms with Gasteiger partial charge in [-0.05, 0) is 24.6 Å². The van der Waals surface area contributed by atoms with Gasteiger partial charge >= 0.3 is 0 Å². The van der Waals surface area contributed by atoms with Gasteiger partial charge in [0.1, 0.15) is 0 Å². The van der Waals surface area contributed by atoms with E-state index in [1.165, 1.54) is 12.3 Å². The van der Waals surface area contributed by atoms with Gasteiger partial charge in [-0.3, -0.25) is 9.89 Å². The van der Waals surface area contributed by atoms with Gasteiger partial charge in [0.05, 0.1) is 11.8 Å². The lowest BCUT2D eigenvalue weighted by atomic mass is 10.3. The zero-order valence-corrected chi connectivity index (χ0v) is 8.63. The smallest absolute Gasteiger partial charge is 0.261 e. The maximum Gasteiger partial charge on any atom is 0.261 e. The van der Waals surface area contributed by atoms with Crippen LogP contribution in [0, 0.1) is 6.92 Å². The third-order valence-electron chi connectivity index (χ3n) is 1.81. The molecule has 0 spiro atoms. The topological polar surface area (TPSA) is 70.9 Å². The molecule has 0 aromatic carbocycles. The summed E-state index contributed by atoms with van der Waals surface area (Å²) in [6.45, 7) is 1.84. The number of nitrogens with one attached hydrogen (secondary N) is 2. The van der Waals surface area contributed by atoms with Crippen LogP contribution in [0.1, 0.15) is 16.1 Å². The summed E-state index contributed by atoms with van der Waals surface area (Å²) in [6.07, 6.45) is 1.35. The van der Waals surface area contributed by atoms with Gasteiger partial charge in [-0.25, -0.2) is 0 Å². The molecule has 2 rings (SSSR count). The third kappa shape index (κ3) is 2.02. The minimum atomic E-state index is -0.347.